The van der Waals surface area contributed by atoms with E-state index in [0.717, 1.165) is 50.5 Å². The van der Waals surface area contributed by atoms with Crippen molar-refractivity contribution in [1.82, 2.24) is 14.5 Å². The van der Waals surface area contributed by atoms with Gasteiger partial charge in [0.1, 0.15) is 0 Å². The number of hydrogen-bond acceptors (Lipinski definition) is 4. The molecule has 0 aliphatic heterocycles. The van der Waals surface area contributed by atoms with Crippen LogP contribution in [0.25, 0.3) is 83.2 Å². The van der Waals surface area contributed by atoms with Gasteiger partial charge in [-0.2, -0.15) is 0 Å². The maximum atomic E-state index is 5.53. The van der Waals surface area contributed by atoms with Crippen molar-refractivity contribution >= 4 is 32.6 Å². The molecule has 3 heterocycles. The Morgan fingerprint density at radius 3 is 1.67 bits per heavy atom. The molecule has 5 heteroatoms. The van der Waals surface area contributed by atoms with Crippen molar-refractivity contribution < 1.29 is 8.83 Å². The lowest BCUT2D eigenvalue weighted by Crippen LogP contribution is -1.94. The van der Waals surface area contributed by atoms with Crippen LogP contribution in [0.2, 0.25) is 0 Å². The minimum absolute atomic E-state index is 0.759. The van der Waals surface area contributed by atoms with Gasteiger partial charge in [0.05, 0.1) is 23.4 Å². The third kappa shape index (κ3) is 4.17. The van der Waals surface area contributed by atoms with E-state index in [1.54, 1.807) is 12.4 Å². The fraction of sp³-hybridized carbons (Fsp3) is 0. The van der Waals surface area contributed by atoms with Crippen LogP contribution in [0, 0.1) is 0 Å². The first kappa shape index (κ1) is 25.3. The Morgan fingerprint density at radius 2 is 1.02 bits per heavy atom. The van der Waals surface area contributed by atoms with Gasteiger partial charge < -0.3 is 13.4 Å². The van der Waals surface area contributed by atoms with Crippen LogP contribution in [-0.2, 0) is 0 Å². The number of oxazole rings is 2. The average molecular weight is 580 g/mol. The van der Waals surface area contributed by atoms with E-state index in [2.05, 4.69) is 142 Å². The molecule has 0 spiro atoms. The molecule has 0 atom stereocenters. The van der Waals surface area contributed by atoms with Crippen LogP contribution in [0.15, 0.2) is 161 Å². The van der Waals surface area contributed by atoms with Gasteiger partial charge in [-0.1, -0.05) is 103 Å². The molecule has 9 aromatic rings. The smallest absolute Gasteiger partial charge is 0.181 e. The van der Waals surface area contributed by atoms with E-state index in [1.165, 1.54) is 45.4 Å². The number of hydrogen-bond donors (Lipinski definition) is 0. The van der Waals surface area contributed by atoms with Gasteiger partial charge in [0.15, 0.2) is 24.3 Å². The molecule has 0 saturated carbocycles. The summed E-state index contributed by atoms with van der Waals surface area (Å²) in [6, 6.07) is 45.5. The zero-order valence-electron chi connectivity index (χ0n) is 24.1. The summed E-state index contributed by atoms with van der Waals surface area (Å²) < 4.78 is 13.4. The first-order valence-corrected chi connectivity index (χ1v) is 14.9. The summed E-state index contributed by atoms with van der Waals surface area (Å²) in [6.07, 6.45) is 6.41. The molecule has 45 heavy (non-hydrogen) atoms. The molecule has 0 unspecified atom stereocenters. The van der Waals surface area contributed by atoms with Crippen molar-refractivity contribution in [2.45, 2.75) is 0 Å². The summed E-state index contributed by atoms with van der Waals surface area (Å²) in [6.45, 7) is 0. The Kier molecular flexibility index (Phi) is 5.74. The third-order valence-electron chi connectivity index (χ3n) is 8.63. The summed E-state index contributed by atoms with van der Waals surface area (Å²) in [5, 5.41) is 4.92. The fourth-order valence-corrected chi connectivity index (χ4v) is 6.51. The molecule has 212 valence electrons. The molecule has 0 amide bonds. The highest BCUT2D eigenvalue weighted by atomic mass is 16.3. The lowest BCUT2D eigenvalue weighted by Gasteiger charge is -2.12. The zero-order valence-corrected chi connectivity index (χ0v) is 24.1. The Bertz CT molecular complexity index is 2440. The molecule has 0 aliphatic rings. The van der Waals surface area contributed by atoms with Gasteiger partial charge in [0.25, 0.3) is 0 Å². The van der Waals surface area contributed by atoms with Crippen LogP contribution in [0.1, 0.15) is 0 Å². The second-order valence-electron chi connectivity index (χ2n) is 11.2. The summed E-state index contributed by atoms with van der Waals surface area (Å²) in [7, 11) is 0. The van der Waals surface area contributed by atoms with Gasteiger partial charge in [-0.3, -0.25) is 0 Å². The first-order chi connectivity index (χ1) is 22.3. The van der Waals surface area contributed by atoms with E-state index in [4.69, 9.17) is 8.83 Å². The van der Waals surface area contributed by atoms with Crippen LogP contribution >= 0.6 is 0 Å². The third-order valence-corrected chi connectivity index (χ3v) is 8.63. The molecule has 6 aromatic carbocycles. The van der Waals surface area contributed by atoms with Gasteiger partial charge >= 0.3 is 0 Å². The molecule has 0 N–H and O–H groups in total. The van der Waals surface area contributed by atoms with Crippen LogP contribution in [0.4, 0.5) is 0 Å². The standard InChI is InChI=1S/C40H25N3O2/c1-2-6-31(7-3-1)43-36-20-30(26-10-14-28(15-11-26)38-22-41-24-44-38)18-19-34(36)40-33-9-5-4-8-32(33)35(21-37(40)43)27-12-16-29(17-13-27)39-23-42-25-45-39/h1-25H. The summed E-state index contributed by atoms with van der Waals surface area (Å²) in [4.78, 5) is 8.14. The van der Waals surface area contributed by atoms with Crippen molar-refractivity contribution in [3.63, 3.8) is 0 Å². The normalized spacial score (nSPS) is 11.6. The molecule has 5 nitrogen and oxygen atoms in total. The molecule has 0 aliphatic carbocycles. The quantitative estimate of drug-likeness (QED) is 0.204. The largest absolute Gasteiger partial charge is 0.444 e. The van der Waals surface area contributed by atoms with Crippen molar-refractivity contribution in [1.29, 1.82) is 0 Å². The van der Waals surface area contributed by atoms with Crippen LogP contribution < -0.4 is 0 Å². The van der Waals surface area contributed by atoms with Crippen molar-refractivity contribution in [3.8, 4) is 50.6 Å². The van der Waals surface area contributed by atoms with Gasteiger partial charge in [0, 0.05) is 27.6 Å². The monoisotopic (exact) mass is 579 g/mol. The van der Waals surface area contributed by atoms with Crippen molar-refractivity contribution in [3.05, 3.63) is 153 Å². The number of fused-ring (bicyclic) bond motifs is 5. The minimum Gasteiger partial charge on any atom is -0.444 e. The zero-order chi connectivity index (χ0) is 29.7. The van der Waals surface area contributed by atoms with E-state index in [9.17, 15) is 0 Å². The number of benzene rings is 6. The highest BCUT2D eigenvalue weighted by molar-refractivity contribution is 6.24. The SMILES string of the molecule is c1ccc(-n2c3cc(-c4ccc(-c5cnco5)cc4)ccc3c3c4ccccc4c(-c4ccc(-c5cnco5)cc4)cc32)cc1. The summed E-state index contributed by atoms with van der Waals surface area (Å²) >= 11 is 0. The Morgan fingerprint density at radius 1 is 0.444 bits per heavy atom. The lowest BCUT2D eigenvalue weighted by atomic mass is 9.94. The highest BCUT2D eigenvalue weighted by Gasteiger charge is 2.19. The van der Waals surface area contributed by atoms with E-state index < -0.39 is 0 Å². The molecular weight excluding hydrogens is 554 g/mol. The maximum absolute atomic E-state index is 5.53. The lowest BCUT2D eigenvalue weighted by molar-refractivity contribution is 0.571. The molecule has 3 aromatic heterocycles. The second-order valence-corrected chi connectivity index (χ2v) is 11.2. The summed E-state index contributed by atoms with van der Waals surface area (Å²) in [5.41, 5.74) is 10.1. The number of aromatic nitrogens is 3. The predicted molar refractivity (Wildman–Crippen MR) is 180 cm³/mol. The predicted octanol–water partition coefficient (Wildman–Crippen LogP) is 10.6. The maximum Gasteiger partial charge on any atom is 0.181 e. The van der Waals surface area contributed by atoms with Crippen molar-refractivity contribution in [2.24, 2.45) is 0 Å². The van der Waals surface area contributed by atoms with E-state index in [0.29, 0.717) is 0 Å². The first-order valence-electron chi connectivity index (χ1n) is 14.9. The Hall–Kier alpha value is -6.20. The number of para-hydroxylation sites is 1. The van der Waals surface area contributed by atoms with Crippen LogP contribution in [0.5, 0.6) is 0 Å². The molecular formula is C40H25N3O2. The molecule has 0 fully saturated rings. The van der Waals surface area contributed by atoms with Crippen LogP contribution in [-0.4, -0.2) is 14.5 Å². The molecule has 9 rings (SSSR count). The topological polar surface area (TPSA) is 57.0 Å². The molecule has 0 radical (unpaired) electrons. The minimum atomic E-state index is 0.759. The van der Waals surface area contributed by atoms with E-state index >= 15 is 0 Å². The molecule has 0 saturated heterocycles. The second kappa shape index (κ2) is 10.2. The molecule has 0 bridgehead atoms. The van der Waals surface area contributed by atoms with Crippen LogP contribution in [0.3, 0.4) is 0 Å². The Labute approximate surface area is 258 Å². The number of rotatable bonds is 5. The number of nitrogens with zero attached hydrogens (tertiary/aromatic N) is 3. The summed E-state index contributed by atoms with van der Waals surface area (Å²) in [5.74, 6) is 1.52. The van der Waals surface area contributed by atoms with Crippen molar-refractivity contribution in [2.75, 3.05) is 0 Å². The van der Waals surface area contributed by atoms with Gasteiger partial charge in [-0.15, -0.1) is 0 Å². The Balaban J connectivity index is 1.28. The van der Waals surface area contributed by atoms with Gasteiger partial charge in [-0.05, 0) is 57.3 Å². The van der Waals surface area contributed by atoms with Gasteiger partial charge in [0.2, 0.25) is 0 Å². The fourth-order valence-electron chi connectivity index (χ4n) is 6.51. The average Bonchev–Trinajstić information content (AvgIpc) is 3.90. The van der Waals surface area contributed by atoms with E-state index in [-0.39, 0.29) is 0 Å². The van der Waals surface area contributed by atoms with E-state index in [1.807, 2.05) is 0 Å². The highest BCUT2D eigenvalue weighted by Crippen LogP contribution is 2.42. The van der Waals surface area contributed by atoms with Gasteiger partial charge in [-0.25, -0.2) is 9.97 Å².